The third kappa shape index (κ3) is 3.62. The van der Waals surface area contributed by atoms with E-state index in [-0.39, 0.29) is 5.97 Å². The predicted molar refractivity (Wildman–Crippen MR) is 86.5 cm³/mol. The van der Waals surface area contributed by atoms with E-state index >= 15 is 0 Å². The van der Waals surface area contributed by atoms with Crippen LogP contribution in [0.3, 0.4) is 0 Å². The zero-order valence-electron chi connectivity index (χ0n) is 12.1. The fourth-order valence-corrected chi connectivity index (χ4v) is 2.87. The minimum atomic E-state index is -0.254. The number of hydrogen-bond acceptors (Lipinski definition) is 5. The Morgan fingerprint density at radius 1 is 1.14 bits per heavy atom. The van der Waals surface area contributed by atoms with Gasteiger partial charge in [0, 0.05) is 13.3 Å². The lowest BCUT2D eigenvalue weighted by Crippen LogP contribution is -2.03. The molecule has 0 aliphatic carbocycles. The highest BCUT2D eigenvalue weighted by Crippen LogP contribution is 2.31. The van der Waals surface area contributed by atoms with Crippen molar-refractivity contribution in [2.75, 3.05) is 6.61 Å². The second kappa shape index (κ2) is 6.58. The number of carbonyl (C=O) groups excluding carboxylic acids is 1. The van der Waals surface area contributed by atoms with Gasteiger partial charge in [-0.25, -0.2) is 4.98 Å². The first kappa shape index (κ1) is 14.5. The third-order valence-electron chi connectivity index (χ3n) is 3.10. The molecule has 0 amide bonds. The Hall–Kier alpha value is -2.40. The summed E-state index contributed by atoms with van der Waals surface area (Å²) in [5.41, 5.74) is 2.04. The van der Waals surface area contributed by atoms with Gasteiger partial charge in [0.05, 0.1) is 16.8 Å². The summed E-state index contributed by atoms with van der Waals surface area (Å²) >= 11 is 1.52. The molecule has 0 atom stereocenters. The van der Waals surface area contributed by atoms with Gasteiger partial charge < -0.3 is 9.47 Å². The van der Waals surface area contributed by atoms with Crippen LogP contribution in [0.2, 0.25) is 0 Å². The van der Waals surface area contributed by atoms with Crippen LogP contribution < -0.4 is 4.74 Å². The van der Waals surface area contributed by atoms with E-state index in [1.54, 1.807) is 0 Å². The van der Waals surface area contributed by atoms with Crippen LogP contribution >= 0.6 is 11.3 Å². The molecule has 0 N–H and O–H groups in total. The molecule has 0 radical (unpaired) electrons. The van der Waals surface area contributed by atoms with Crippen LogP contribution in [0.15, 0.2) is 48.5 Å². The van der Waals surface area contributed by atoms with Crippen molar-refractivity contribution in [2.24, 2.45) is 0 Å². The quantitative estimate of drug-likeness (QED) is 0.663. The van der Waals surface area contributed by atoms with Crippen LogP contribution in [0.1, 0.15) is 12.5 Å². The molecule has 0 saturated heterocycles. The van der Waals surface area contributed by atoms with Crippen LogP contribution in [-0.2, 0) is 16.0 Å². The molecule has 1 heterocycles. The van der Waals surface area contributed by atoms with Crippen molar-refractivity contribution in [1.82, 2.24) is 4.98 Å². The van der Waals surface area contributed by atoms with Gasteiger partial charge in [0.25, 0.3) is 5.19 Å². The summed E-state index contributed by atoms with van der Waals surface area (Å²) in [6.07, 6.45) is 0.695. The van der Waals surface area contributed by atoms with E-state index in [4.69, 9.17) is 9.47 Å². The Morgan fingerprint density at radius 3 is 2.64 bits per heavy atom. The largest absolute Gasteiger partial charge is 0.466 e. The SMILES string of the molecule is CC(=O)OCCc1ccc(Oc2nc3ccccc3s2)cc1. The number of aromatic nitrogens is 1. The average molecular weight is 313 g/mol. The summed E-state index contributed by atoms with van der Waals surface area (Å²) in [6.45, 7) is 1.81. The van der Waals surface area contributed by atoms with Crippen LogP contribution in [0, 0.1) is 0 Å². The maximum atomic E-state index is 10.7. The minimum absolute atomic E-state index is 0.254. The number of esters is 1. The highest BCUT2D eigenvalue weighted by Gasteiger charge is 2.05. The fraction of sp³-hybridized carbons (Fsp3) is 0.176. The lowest BCUT2D eigenvalue weighted by molar-refractivity contribution is -0.140. The molecule has 112 valence electrons. The lowest BCUT2D eigenvalue weighted by Gasteiger charge is -2.04. The smallest absolute Gasteiger partial charge is 0.302 e. The van der Waals surface area contributed by atoms with Gasteiger partial charge in [0.15, 0.2) is 0 Å². The maximum absolute atomic E-state index is 10.7. The molecular weight excluding hydrogens is 298 g/mol. The summed E-state index contributed by atoms with van der Waals surface area (Å²) in [5.74, 6) is 0.492. The van der Waals surface area contributed by atoms with Crippen molar-refractivity contribution in [3.8, 4) is 10.9 Å². The molecule has 0 unspecified atom stereocenters. The van der Waals surface area contributed by atoms with Gasteiger partial charge >= 0.3 is 5.97 Å². The maximum Gasteiger partial charge on any atom is 0.302 e. The molecule has 0 aliphatic heterocycles. The van der Waals surface area contributed by atoms with E-state index in [9.17, 15) is 4.79 Å². The predicted octanol–water partition coefficient (Wildman–Crippen LogP) is 4.19. The summed E-state index contributed by atoms with van der Waals surface area (Å²) in [7, 11) is 0. The van der Waals surface area contributed by atoms with E-state index in [0.29, 0.717) is 18.2 Å². The van der Waals surface area contributed by atoms with Gasteiger partial charge in [-0.2, -0.15) is 0 Å². The normalized spacial score (nSPS) is 10.6. The van der Waals surface area contributed by atoms with Gasteiger partial charge in [0.1, 0.15) is 5.75 Å². The topological polar surface area (TPSA) is 48.4 Å². The van der Waals surface area contributed by atoms with Crippen LogP contribution in [0.4, 0.5) is 0 Å². The lowest BCUT2D eigenvalue weighted by atomic mass is 10.1. The summed E-state index contributed by atoms with van der Waals surface area (Å²) in [5, 5.41) is 0.633. The second-order valence-electron chi connectivity index (χ2n) is 4.78. The van der Waals surface area contributed by atoms with Crippen molar-refractivity contribution in [3.05, 3.63) is 54.1 Å². The van der Waals surface area contributed by atoms with Crippen molar-refractivity contribution in [1.29, 1.82) is 0 Å². The molecular formula is C17H15NO3S. The first-order chi connectivity index (χ1) is 10.7. The minimum Gasteiger partial charge on any atom is -0.466 e. The molecule has 22 heavy (non-hydrogen) atoms. The van der Waals surface area contributed by atoms with E-state index in [1.165, 1.54) is 18.3 Å². The monoisotopic (exact) mass is 313 g/mol. The summed E-state index contributed by atoms with van der Waals surface area (Å²) < 4.78 is 11.8. The number of carbonyl (C=O) groups is 1. The van der Waals surface area contributed by atoms with E-state index in [0.717, 1.165) is 21.5 Å². The van der Waals surface area contributed by atoms with Gasteiger partial charge in [0.2, 0.25) is 0 Å². The summed E-state index contributed by atoms with van der Waals surface area (Å²) in [6, 6.07) is 15.7. The number of para-hydroxylation sites is 1. The van der Waals surface area contributed by atoms with E-state index in [2.05, 4.69) is 4.98 Å². The Morgan fingerprint density at radius 2 is 1.91 bits per heavy atom. The highest BCUT2D eigenvalue weighted by molar-refractivity contribution is 7.20. The Bertz CT molecular complexity index is 747. The zero-order valence-corrected chi connectivity index (χ0v) is 12.9. The Labute approximate surface area is 132 Å². The molecule has 2 aromatic carbocycles. The van der Waals surface area contributed by atoms with Crippen LogP contribution in [-0.4, -0.2) is 17.6 Å². The number of hydrogen-bond donors (Lipinski definition) is 0. The number of ether oxygens (including phenoxy) is 2. The van der Waals surface area contributed by atoms with Crippen LogP contribution in [0.25, 0.3) is 10.2 Å². The molecule has 5 heteroatoms. The number of nitrogens with zero attached hydrogens (tertiary/aromatic N) is 1. The van der Waals surface area contributed by atoms with E-state index < -0.39 is 0 Å². The van der Waals surface area contributed by atoms with Gasteiger partial charge in [-0.05, 0) is 29.8 Å². The van der Waals surface area contributed by atoms with Gasteiger partial charge in [-0.3, -0.25) is 4.79 Å². The molecule has 4 nitrogen and oxygen atoms in total. The average Bonchev–Trinajstić information content (AvgIpc) is 2.91. The van der Waals surface area contributed by atoms with Crippen molar-refractivity contribution in [3.63, 3.8) is 0 Å². The molecule has 0 fully saturated rings. The molecule has 3 rings (SSSR count). The number of fused-ring (bicyclic) bond motifs is 1. The second-order valence-corrected chi connectivity index (χ2v) is 5.78. The van der Waals surface area contributed by atoms with Gasteiger partial charge in [-0.1, -0.05) is 35.6 Å². The first-order valence-electron chi connectivity index (χ1n) is 6.96. The Balaban J connectivity index is 1.64. The Kier molecular flexibility index (Phi) is 4.34. The molecule has 1 aromatic heterocycles. The molecule has 3 aromatic rings. The third-order valence-corrected chi connectivity index (χ3v) is 4.01. The van der Waals surface area contributed by atoms with Crippen molar-refractivity contribution < 1.29 is 14.3 Å². The number of thiazole rings is 1. The highest BCUT2D eigenvalue weighted by atomic mass is 32.1. The van der Waals surface area contributed by atoms with Crippen LogP contribution in [0.5, 0.6) is 10.9 Å². The zero-order chi connectivity index (χ0) is 15.4. The number of rotatable bonds is 5. The summed E-state index contributed by atoms with van der Waals surface area (Å²) in [4.78, 5) is 15.2. The van der Waals surface area contributed by atoms with Crippen molar-refractivity contribution >= 4 is 27.5 Å². The standard InChI is InChI=1S/C17H15NO3S/c1-12(19)20-11-10-13-6-8-14(9-7-13)21-17-18-15-4-2-3-5-16(15)22-17/h2-9H,10-11H2,1H3. The number of benzene rings is 2. The molecule has 0 bridgehead atoms. The van der Waals surface area contributed by atoms with Crippen molar-refractivity contribution in [2.45, 2.75) is 13.3 Å². The van der Waals surface area contributed by atoms with Gasteiger partial charge in [-0.15, -0.1) is 0 Å². The fourth-order valence-electron chi connectivity index (χ4n) is 2.03. The van der Waals surface area contributed by atoms with E-state index in [1.807, 2.05) is 48.5 Å². The first-order valence-corrected chi connectivity index (χ1v) is 7.78. The molecule has 0 spiro atoms. The molecule has 0 aliphatic rings. The molecule has 0 saturated carbocycles.